The number of carbonyl (C=O) groups is 1. The highest BCUT2D eigenvalue weighted by Gasteiger charge is 2.69. The molecule has 6 atom stereocenters. The number of rotatable bonds is 0. The number of fused-ring (bicyclic) bond motifs is 7. The van der Waals surface area contributed by atoms with E-state index < -0.39 is 0 Å². The molecule has 4 nitrogen and oxygen atoms in total. The molecule has 4 aliphatic rings. The molecular weight excluding hydrogens is 160 g/mol. The molecule has 12 heavy (non-hydrogen) atoms. The summed E-state index contributed by atoms with van der Waals surface area (Å²) in [6, 6.07) is 0. The molecule has 4 rings (SSSR count). The summed E-state index contributed by atoms with van der Waals surface area (Å²) in [7, 11) is 0. The highest BCUT2D eigenvalue weighted by molar-refractivity contribution is 5.76. The highest BCUT2D eigenvalue weighted by atomic mass is 16.7. The summed E-state index contributed by atoms with van der Waals surface area (Å²) in [5.41, 5.74) is 0. The first-order chi connectivity index (χ1) is 5.84. The number of hydrogen-bond acceptors (Lipinski definition) is 4. The number of epoxide rings is 2. The van der Waals surface area contributed by atoms with Crippen LogP contribution in [0.1, 0.15) is 6.42 Å². The van der Waals surface area contributed by atoms with Crippen LogP contribution in [-0.2, 0) is 19.0 Å². The minimum atomic E-state index is -0.0820. The van der Waals surface area contributed by atoms with Crippen LogP contribution in [-0.4, -0.2) is 36.5 Å². The molecule has 0 spiro atoms. The van der Waals surface area contributed by atoms with Gasteiger partial charge in [-0.15, -0.1) is 0 Å². The molecule has 1 saturated carbocycles. The Morgan fingerprint density at radius 3 is 2.75 bits per heavy atom. The Balaban J connectivity index is 1.77. The molecule has 0 aromatic rings. The number of hydrogen-bond donors (Lipinski definition) is 0. The summed E-state index contributed by atoms with van der Waals surface area (Å²) in [6.45, 7) is 0. The molecule has 4 heteroatoms. The van der Waals surface area contributed by atoms with Gasteiger partial charge in [0.05, 0.1) is 5.92 Å². The van der Waals surface area contributed by atoms with Crippen LogP contribution >= 0.6 is 0 Å². The zero-order chi connectivity index (χ0) is 7.87. The molecule has 4 fully saturated rings. The van der Waals surface area contributed by atoms with E-state index in [0.29, 0.717) is 0 Å². The minimum absolute atomic E-state index is 0.0106. The third-order valence-corrected chi connectivity index (χ3v) is 3.27. The van der Waals surface area contributed by atoms with Crippen LogP contribution in [0.25, 0.3) is 0 Å². The number of ether oxygens (including phenoxy) is 3. The second-order valence-electron chi connectivity index (χ2n) is 3.95. The van der Waals surface area contributed by atoms with Crippen molar-refractivity contribution in [2.24, 2.45) is 5.92 Å². The maximum Gasteiger partial charge on any atom is 0.312 e. The first kappa shape index (κ1) is 5.94. The fourth-order valence-electron chi connectivity index (χ4n) is 2.52. The first-order valence-corrected chi connectivity index (χ1v) is 4.36. The summed E-state index contributed by atoms with van der Waals surface area (Å²) >= 11 is 0. The Hall–Kier alpha value is -0.610. The maximum absolute atomic E-state index is 11.3. The van der Waals surface area contributed by atoms with E-state index in [1.54, 1.807) is 0 Å². The van der Waals surface area contributed by atoms with Crippen LogP contribution < -0.4 is 0 Å². The van der Waals surface area contributed by atoms with Gasteiger partial charge in [0, 0.05) is 6.42 Å². The van der Waals surface area contributed by atoms with Crippen LogP contribution in [0.5, 0.6) is 0 Å². The third-order valence-electron chi connectivity index (χ3n) is 3.27. The monoisotopic (exact) mass is 168 g/mol. The fourth-order valence-corrected chi connectivity index (χ4v) is 2.52. The number of carbonyl (C=O) groups excluding carboxylic acids is 1. The van der Waals surface area contributed by atoms with Gasteiger partial charge in [0.2, 0.25) is 0 Å². The van der Waals surface area contributed by atoms with Gasteiger partial charge in [0.15, 0.2) is 0 Å². The van der Waals surface area contributed by atoms with E-state index in [4.69, 9.17) is 14.2 Å². The zero-order valence-electron chi connectivity index (χ0n) is 6.30. The van der Waals surface area contributed by atoms with Gasteiger partial charge in [0.25, 0.3) is 0 Å². The lowest BCUT2D eigenvalue weighted by atomic mass is 10.0. The third kappa shape index (κ3) is 0.528. The average molecular weight is 168 g/mol. The molecule has 0 aromatic carbocycles. The van der Waals surface area contributed by atoms with Crippen molar-refractivity contribution in [3.63, 3.8) is 0 Å². The van der Waals surface area contributed by atoms with Gasteiger partial charge >= 0.3 is 5.97 Å². The molecule has 0 N–H and O–H groups in total. The van der Waals surface area contributed by atoms with Crippen molar-refractivity contribution in [1.29, 1.82) is 0 Å². The lowest BCUT2D eigenvalue weighted by Gasteiger charge is -2.02. The van der Waals surface area contributed by atoms with E-state index in [0.717, 1.165) is 6.42 Å². The van der Waals surface area contributed by atoms with Crippen molar-refractivity contribution < 1.29 is 19.0 Å². The van der Waals surface area contributed by atoms with Gasteiger partial charge in [-0.25, -0.2) is 0 Å². The van der Waals surface area contributed by atoms with Crippen molar-refractivity contribution >= 4 is 5.97 Å². The largest absolute Gasteiger partial charge is 0.459 e. The van der Waals surface area contributed by atoms with E-state index in [2.05, 4.69) is 0 Å². The number of esters is 1. The second kappa shape index (κ2) is 1.54. The summed E-state index contributed by atoms with van der Waals surface area (Å²) in [5.74, 6) is -0.0714. The minimum Gasteiger partial charge on any atom is -0.459 e. The summed E-state index contributed by atoms with van der Waals surface area (Å²) in [4.78, 5) is 11.3. The van der Waals surface area contributed by atoms with E-state index in [-0.39, 0.29) is 42.4 Å². The van der Waals surface area contributed by atoms with Crippen molar-refractivity contribution in [3.8, 4) is 0 Å². The Morgan fingerprint density at radius 1 is 1.08 bits per heavy atom. The molecule has 1 aliphatic carbocycles. The summed E-state index contributed by atoms with van der Waals surface area (Å²) in [6.07, 6.45) is 1.54. The fraction of sp³-hybridized carbons (Fsp3) is 0.875. The van der Waals surface area contributed by atoms with Crippen LogP contribution in [0.15, 0.2) is 0 Å². The lowest BCUT2D eigenvalue weighted by molar-refractivity contribution is -0.145. The summed E-state index contributed by atoms with van der Waals surface area (Å²) in [5, 5.41) is 0. The van der Waals surface area contributed by atoms with Gasteiger partial charge in [-0.1, -0.05) is 0 Å². The molecule has 3 heterocycles. The van der Waals surface area contributed by atoms with Gasteiger partial charge in [-0.2, -0.15) is 0 Å². The normalized spacial score (nSPS) is 64.5. The van der Waals surface area contributed by atoms with Gasteiger partial charge in [-0.05, 0) is 0 Å². The smallest absolute Gasteiger partial charge is 0.312 e. The molecular formula is C8H8O4. The molecule has 64 valence electrons. The molecule has 3 saturated heterocycles. The first-order valence-electron chi connectivity index (χ1n) is 4.36. The lowest BCUT2D eigenvalue weighted by Crippen LogP contribution is -2.21. The van der Waals surface area contributed by atoms with Crippen LogP contribution in [0.3, 0.4) is 0 Å². The summed E-state index contributed by atoms with van der Waals surface area (Å²) < 4.78 is 15.9. The quantitative estimate of drug-likeness (QED) is 0.360. The molecule has 0 amide bonds. The molecule has 0 unspecified atom stereocenters. The average Bonchev–Trinajstić information content (AvgIpc) is 2.89. The van der Waals surface area contributed by atoms with Crippen LogP contribution in [0, 0.1) is 5.92 Å². The standard InChI is InChI=1S/C8H8O4/c9-8-2-1-3(10-8)5-7(12-5)6-4(2)11-6/h2-7H,1H2/t2-,3+,4-,5-,6-,7-/m1/s1. The van der Waals surface area contributed by atoms with Crippen molar-refractivity contribution in [1.82, 2.24) is 0 Å². The topological polar surface area (TPSA) is 51.4 Å². The molecule has 0 radical (unpaired) electrons. The van der Waals surface area contributed by atoms with E-state index in [9.17, 15) is 4.79 Å². The van der Waals surface area contributed by atoms with Gasteiger partial charge in [0.1, 0.15) is 30.5 Å². The van der Waals surface area contributed by atoms with Crippen LogP contribution in [0.4, 0.5) is 0 Å². The van der Waals surface area contributed by atoms with Crippen molar-refractivity contribution in [2.45, 2.75) is 36.9 Å². The van der Waals surface area contributed by atoms with Crippen LogP contribution in [0.2, 0.25) is 0 Å². The predicted octanol–water partition coefficient (Wildman–Crippen LogP) is -0.534. The van der Waals surface area contributed by atoms with E-state index in [1.807, 2.05) is 0 Å². The zero-order valence-corrected chi connectivity index (χ0v) is 6.30. The van der Waals surface area contributed by atoms with Gasteiger partial charge in [-0.3, -0.25) is 4.79 Å². The maximum atomic E-state index is 11.3. The molecule has 2 bridgehead atoms. The predicted molar refractivity (Wildman–Crippen MR) is 35.3 cm³/mol. The van der Waals surface area contributed by atoms with E-state index >= 15 is 0 Å². The highest BCUT2D eigenvalue weighted by Crippen LogP contribution is 2.52. The second-order valence-corrected chi connectivity index (χ2v) is 3.95. The molecule has 3 aliphatic heterocycles. The SMILES string of the molecule is O=C1O[C@H]2C[C@@H]1[C@H]1O[C@H]1[C@@H]1O[C@@H]12. The van der Waals surface area contributed by atoms with Gasteiger partial charge < -0.3 is 14.2 Å². The van der Waals surface area contributed by atoms with Crippen molar-refractivity contribution in [2.75, 3.05) is 0 Å². The Morgan fingerprint density at radius 2 is 1.83 bits per heavy atom. The Kier molecular flexibility index (Phi) is 0.762. The van der Waals surface area contributed by atoms with Crippen molar-refractivity contribution in [3.05, 3.63) is 0 Å². The Labute approximate surface area is 68.8 Å². The Bertz CT molecular complexity index is 276. The van der Waals surface area contributed by atoms with E-state index in [1.165, 1.54) is 0 Å². The molecule has 0 aromatic heterocycles.